The summed E-state index contributed by atoms with van der Waals surface area (Å²) in [4.78, 5) is 6.59. The molecule has 0 aromatic carbocycles. The van der Waals surface area contributed by atoms with E-state index in [1.807, 2.05) is 0 Å². The minimum Gasteiger partial charge on any atom is -0.315 e. The maximum absolute atomic E-state index is 5.83. The zero-order valence-electron chi connectivity index (χ0n) is 8.16. The van der Waals surface area contributed by atoms with Gasteiger partial charge in [0.05, 0.1) is 12.7 Å². The third-order valence-electron chi connectivity index (χ3n) is 2.57. The van der Waals surface area contributed by atoms with Crippen molar-refractivity contribution in [3.63, 3.8) is 0 Å². The highest BCUT2D eigenvalue weighted by molar-refractivity contribution is 7.15. The maximum Gasteiger partial charge on any atom is 0.113 e. The Morgan fingerprint density at radius 2 is 2.64 bits per heavy atom. The third kappa shape index (κ3) is 2.45. The molecule has 1 saturated heterocycles. The fourth-order valence-electron chi connectivity index (χ4n) is 1.72. The Kier molecular flexibility index (Phi) is 3.38. The van der Waals surface area contributed by atoms with Crippen molar-refractivity contribution in [3.8, 4) is 0 Å². The van der Waals surface area contributed by atoms with Gasteiger partial charge in [-0.2, -0.15) is 0 Å². The monoisotopic (exact) mass is 231 g/mol. The van der Waals surface area contributed by atoms with Crippen LogP contribution in [-0.4, -0.2) is 36.1 Å². The van der Waals surface area contributed by atoms with Crippen LogP contribution in [0.5, 0.6) is 0 Å². The number of hydrogen-bond acceptors (Lipinski definition) is 4. The van der Waals surface area contributed by atoms with Crippen LogP contribution in [0.3, 0.4) is 0 Å². The lowest BCUT2D eigenvalue weighted by atomic mass is 10.2. The second-order valence-corrected chi connectivity index (χ2v) is 5.37. The predicted molar refractivity (Wildman–Crippen MR) is 59.9 cm³/mol. The van der Waals surface area contributed by atoms with Gasteiger partial charge in [0, 0.05) is 12.6 Å². The van der Waals surface area contributed by atoms with Gasteiger partial charge in [-0.1, -0.05) is 11.6 Å². The second kappa shape index (κ2) is 4.57. The van der Waals surface area contributed by atoms with Crippen molar-refractivity contribution in [3.05, 3.63) is 15.5 Å². The standard InChI is InChI=1S/C9H14ClN3S/c1-13(7-2-3-11-4-7)6-9-12-5-8(10)14-9/h5,7,11H,2-4,6H2,1H3. The molecule has 1 atom stereocenters. The fourth-order valence-corrected chi connectivity index (χ4v) is 2.74. The zero-order valence-corrected chi connectivity index (χ0v) is 9.74. The summed E-state index contributed by atoms with van der Waals surface area (Å²) < 4.78 is 0.776. The highest BCUT2D eigenvalue weighted by Gasteiger charge is 2.19. The van der Waals surface area contributed by atoms with Crippen LogP contribution in [0.1, 0.15) is 11.4 Å². The van der Waals surface area contributed by atoms with Gasteiger partial charge in [-0.15, -0.1) is 11.3 Å². The molecule has 0 saturated carbocycles. The van der Waals surface area contributed by atoms with Crippen molar-refractivity contribution >= 4 is 22.9 Å². The Bertz CT molecular complexity index is 296. The molecular weight excluding hydrogens is 218 g/mol. The highest BCUT2D eigenvalue weighted by atomic mass is 35.5. The lowest BCUT2D eigenvalue weighted by molar-refractivity contribution is 0.248. The number of rotatable bonds is 3. The van der Waals surface area contributed by atoms with Gasteiger partial charge in [0.1, 0.15) is 9.34 Å². The molecule has 0 bridgehead atoms. The molecule has 2 heterocycles. The van der Waals surface area contributed by atoms with E-state index in [1.165, 1.54) is 6.42 Å². The average Bonchev–Trinajstić information content (AvgIpc) is 2.75. The maximum atomic E-state index is 5.83. The van der Waals surface area contributed by atoms with Gasteiger partial charge in [-0.05, 0) is 20.0 Å². The quantitative estimate of drug-likeness (QED) is 0.857. The van der Waals surface area contributed by atoms with Crippen LogP contribution >= 0.6 is 22.9 Å². The fraction of sp³-hybridized carbons (Fsp3) is 0.667. The first-order chi connectivity index (χ1) is 6.75. The smallest absolute Gasteiger partial charge is 0.113 e. The van der Waals surface area contributed by atoms with E-state index in [0.29, 0.717) is 6.04 Å². The van der Waals surface area contributed by atoms with Crippen LogP contribution in [0.2, 0.25) is 4.34 Å². The van der Waals surface area contributed by atoms with Gasteiger partial charge in [0.25, 0.3) is 0 Å². The summed E-state index contributed by atoms with van der Waals surface area (Å²) in [6.45, 7) is 3.13. The summed E-state index contributed by atoms with van der Waals surface area (Å²) in [6, 6.07) is 0.651. The Morgan fingerprint density at radius 3 is 3.21 bits per heavy atom. The molecule has 1 aromatic rings. The van der Waals surface area contributed by atoms with E-state index in [1.54, 1.807) is 17.5 Å². The van der Waals surface area contributed by atoms with Crippen molar-refractivity contribution in [1.29, 1.82) is 0 Å². The Labute approximate surface area is 93.1 Å². The molecule has 2 rings (SSSR count). The lowest BCUT2D eigenvalue weighted by Crippen LogP contribution is -2.32. The van der Waals surface area contributed by atoms with E-state index in [9.17, 15) is 0 Å². The van der Waals surface area contributed by atoms with E-state index >= 15 is 0 Å². The molecular formula is C9H14ClN3S. The van der Waals surface area contributed by atoms with Gasteiger partial charge in [-0.3, -0.25) is 4.90 Å². The van der Waals surface area contributed by atoms with Gasteiger partial charge < -0.3 is 5.32 Å². The molecule has 0 radical (unpaired) electrons. The van der Waals surface area contributed by atoms with Crippen LogP contribution < -0.4 is 5.32 Å². The Balaban J connectivity index is 1.90. The summed E-state index contributed by atoms with van der Waals surface area (Å²) in [7, 11) is 2.15. The number of nitrogens with one attached hydrogen (secondary N) is 1. The minimum absolute atomic E-state index is 0.651. The van der Waals surface area contributed by atoms with E-state index < -0.39 is 0 Å². The first kappa shape index (κ1) is 10.4. The predicted octanol–water partition coefficient (Wildman–Crippen LogP) is 1.59. The van der Waals surface area contributed by atoms with E-state index in [4.69, 9.17) is 11.6 Å². The molecule has 5 heteroatoms. The first-order valence-electron chi connectivity index (χ1n) is 4.77. The number of halogens is 1. The van der Waals surface area contributed by atoms with E-state index in [0.717, 1.165) is 29.0 Å². The molecule has 1 fully saturated rings. The van der Waals surface area contributed by atoms with Crippen LogP contribution in [0.25, 0.3) is 0 Å². The lowest BCUT2D eigenvalue weighted by Gasteiger charge is -2.21. The molecule has 0 aliphatic carbocycles. The summed E-state index contributed by atoms with van der Waals surface area (Å²) in [5, 5.41) is 4.46. The summed E-state index contributed by atoms with van der Waals surface area (Å²) >= 11 is 7.40. The molecule has 3 nitrogen and oxygen atoms in total. The molecule has 1 aromatic heterocycles. The van der Waals surface area contributed by atoms with E-state index in [2.05, 4.69) is 22.2 Å². The van der Waals surface area contributed by atoms with Gasteiger partial charge >= 0.3 is 0 Å². The Morgan fingerprint density at radius 1 is 1.79 bits per heavy atom. The minimum atomic E-state index is 0.651. The molecule has 78 valence electrons. The zero-order chi connectivity index (χ0) is 9.97. The van der Waals surface area contributed by atoms with Crippen LogP contribution in [0, 0.1) is 0 Å². The van der Waals surface area contributed by atoms with Crippen molar-refractivity contribution in [2.75, 3.05) is 20.1 Å². The van der Waals surface area contributed by atoms with E-state index in [-0.39, 0.29) is 0 Å². The molecule has 14 heavy (non-hydrogen) atoms. The number of aromatic nitrogens is 1. The largest absolute Gasteiger partial charge is 0.315 e. The number of hydrogen-bond donors (Lipinski definition) is 1. The van der Waals surface area contributed by atoms with Crippen molar-refractivity contribution in [2.45, 2.75) is 19.0 Å². The van der Waals surface area contributed by atoms with Crippen LogP contribution in [-0.2, 0) is 6.54 Å². The number of nitrogens with zero attached hydrogens (tertiary/aromatic N) is 2. The van der Waals surface area contributed by atoms with Crippen LogP contribution in [0.15, 0.2) is 6.20 Å². The normalized spacial score (nSPS) is 22.1. The number of thiazole rings is 1. The summed E-state index contributed by atoms with van der Waals surface area (Å²) in [5.41, 5.74) is 0. The molecule has 0 amide bonds. The van der Waals surface area contributed by atoms with Gasteiger partial charge in [0.15, 0.2) is 0 Å². The van der Waals surface area contributed by atoms with Crippen LogP contribution in [0.4, 0.5) is 0 Å². The second-order valence-electron chi connectivity index (χ2n) is 3.62. The summed E-state index contributed by atoms with van der Waals surface area (Å²) in [6.07, 6.45) is 2.96. The molecule has 1 aliphatic rings. The third-order valence-corrected chi connectivity index (χ3v) is 3.67. The van der Waals surface area contributed by atoms with Gasteiger partial charge in [-0.25, -0.2) is 4.98 Å². The average molecular weight is 232 g/mol. The van der Waals surface area contributed by atoms with Gasteiger partial charge in [0.2, 0.25) is 0 Å². The molecule has 1 N–H and O–H groups in total. The molecule has 0 spiro atoms. The SMILES string of the molecule is CN(Cc1ncc(Cl)s1)C1CCNC1. The summed E-state index contributed by atoms with van der Waals surface area (Å²) in [5.74, 6) is 0. The molecule has 1 aliphatic heterocycles. The molecule has 1 unspecified atom stereocenters. The topological polar surface area (TPSA) is 28.2 Å². The van der Waals surface area contributed by atoms with Crippen molar-refractivity contribution < 1.29 is 0 Å². The van der Waals surface area contributed by atoms with Crippen molar-refractivity contribution in [2.24, 2.45) is 0 Å². The Hall–Kier alpha value is -0.160. The van der Waals surface area contributed by atoms with Crippen molar-refractivity contribution in [1.82, 2.24) is 15.2 Å². The highest BCUT2D eigenvalue weighted by Crippen LogP contribution is 2.20. The first-order valence-corrected chi connectivity index (χ1v) is 5.96. The number of likely N-dealkylation sites (N-methyl/N-ethyl adjacent to an activating group) is 1.